The van der Waals surface area contributed by atoms with Crippen molar-refractivity contribution >= 4 is 0 Å². The van der Waals surface area contributed by atoms with E-state index in [0.29, 0.717) is 12.0 Å². The largest absolute Gasteiger partial charge is 0.271 e. The Morgan fingerprint density at radius 1 is 1.64 bits per heavy atom. The first-order valence-electron chi connectivity index (χ1n) is 4.28. The van der Waals surface area contributed by atoms with Crippen LogP contribution in [-0.2, 0) is 0 Å². The molecular weight excluding hydrogens is 136 g/mol. The van der Waals surface area contributed by atoms with E-state index in [1.807, 2.05) is 6.92 Å². The Hall–Kier alpha value is -0.340. The molecule has 3 N–H and O–H groups in total. The van der Waals surface area contributed by atoms with Crippen LogP contribution >= 0.6 is 0 Å². The highest BCUT2D eigenvalue weighted by atomic mass is 15.2. The first-order valence-corrected chi connectivity index (χ1v) is 4.28. The molecule has 0 bridgehead atoms. The van der Waals surface area contributed by atoms with Gasteiger partial charge >= 0.3 is 0 Å². The molecule has 0 aliphatic heterocycles. The molecule has 0 amide bonds. The van der Waals surface area contributed by atoms with Crippen LogP contribution in [0.4, 0.5) is 0 Å². The zero-order chi connectivity index (χ0) is 8.43. The van der Waals surface area contributed by atoms with E-state index in [1.54, 1.807) is 0 Å². The predicted molar refractivity (Wildman–Crippen MR) is 47.8 cm³/mol. The zero-order valence-corrected chi connectivity index (χ0v) is 7.43. The lowest BCUT2D eigenvalue weighted by Crippen LogP contribution is -2.41. The third kappa shape index (κ3) is 2.04. The minimum absolute atomic E-state index is 0.308. The molecule has 0 heterocycles. The quantitative estimate of drug-likeness (QED) is 0.365. The number of nitrogens with one attached hydrogen (secondary N) is 1. The number of nitrogens with two attached hydrogens (primary N) is 1. The van der Waals surface area contributed by atoms with E-state index in [2.05, 4.69) is 18.9 Å². The number of hydrazine groups is 1. The van der Waals surface area contributed by atoms with Gasteiger partial charge in [-0.05, 0) is 31.6 Å². The van der Waals surface area contributed by atoms with Crippen molar-refractivity contribution in [2.75, 3.05) is 0 Å². The number of rotatable bonds is 4. The lowest BCUT2D eigenvalue weighted by atomic mass is 9.93. The summed E-state index contributed by atoms with van der Waals surface area (Å²) in [6.07, 6.45) is 2.74. The molecule has 1 fully saturated rings. The molecule has 0 saturated heterocycles. The van der Waals surface area contributed by atoms with Crippen LogP contribution in [0.15, 0.2) is 12.2 Å². The van der Waals surface area contributed by atoms with Crippen LogP contribution in [0.2, 0.25) is 0 Å². The van der Waals surface area contributed by atoms with Gasteiger partial charge in [-0.3, -0.25) is 11.3 Å². The number of hydrogen-bond donors (Lipinski definition) is 2. The van der Waals surface area contributed by atoms with Gasteiger partial charge in [-0.25, -0.2) is 0 Å². The average molecular weight is 154 g/mol. The molecule has 0 aromatic carbocycles. The molecule has 64 valence electrons. The molecule has 1 rings (SSSR count). The number of hydrogen-bond acceptors (Lipinski definition) is 2. The van der Waals surface area contributed by atoms with E-state index in [0.717, 1.165) is 11.5 Å². The van der Waals surface area contributed by atoms with E-state index >= 15 is 0 Å². The van der Waals surface area contributed by atoms with E-state index in [-0.39, 0.29) is 0 Å². The van der Waals surface area contributed by atoms with E-state index in [4.69, 9.17) is 5.84 Å². The van der Waals surface area contributed by atoms with Crippen molar-refractivity contribution in [3.63, 3.8) is 0 Å². The fourth-order valence-electron chi connectivity index (χ4n) is 1.64. The van der Waals surface area contributed by atoms with Gasteiger partial charge in [0.25, 0.3) is 0 Å². The third-order valence-corrected chi connectivity index (χ3v) is 2.60. The van der Waals surface area contributed by atoms with Gasteiger partial charge in [0.05, 0.1) is 0 Å². The first-order chi connectivity index (χ1) is 5.16. The van der Waals surface area contributed by atoms with Gasteiger partial charge in [0.1, 0.15) is 0 Å². The van der Waals surface area contributed by atoms with Crippen molar-refractivity contribution in [3.8, 4) is 0 Å². The monoisotopic (exact) mass is 154 g/mol. The lowest BCUT2D eigenvalue weighted by molar-refractivity contribution is 0.384. The second kappa shape index (κ2) is 3.37. The minimum atomic E-state index is 0.308. The molecule has 2 atom stereocenters. The van der Waals surface area contributed by atoms with Gasteiger partial charge in [-0.15, -0.1) is 0 Å². The SMILES string of the molecule is C=C(C)C(NN)C(C)C1CC1. The molecule has 1 aliphatic rings. The third-order valence-electron chi connectivity index (χ3n) is 2.60. The van der Waals surface area contributed by atoms with Crippen LogP contribution in [0.5, 0.6) is 0 Å². The normalized spacial score (nSPS) is 22.8. The Morgan fingerprint density at radius 3 is 2.45 bits per heavy atom. The summed E-state index contributed by atoms with van der Waals surface area (Å²) < 4.78 is 0. The Labute approximate surface area is 68.8 Å². The fraction of sp³-hybridized carbons (Fsp3) is 0.778. The van der Waals surface area contributed by atoms with Crippen molar-refractivity contribution in [1.82, 2.24) is 5.43 Å². The summed E-state index contributed by atoms with van der Waals surface area (Å²) in [5.74, 6) is 6.96. The van der Waals surface area contributed by atoms with Gasteiger partial charge in [0.15, 0.2) is 0 Å². The second-order valence-electron chi connectivity index (χ2n) is 3.69. The van der Waals surface area contributed by atoms with E-state index in [9.17, 15) is 0 Å². The van der Waals surface area contributed by atoms with Gasteiger partial charge in [0.2, 0.25) is 0 Å². The Balaban J connectivity index is 2.45. The van der Waals surface area contributed by atoms with Crippen molar-refractivity contribution in [2.24, 2.45) is 17.7 Å². The summed E-state index contributed by atoms with van der Waals surface area (Å²) in [6.45, 7) is 8.19. The molecule has 0 spiro atoms. The van der Waals surface area contributed by atoms with Crippen LogP contribution in [0, 0.1) is 11.8 Å². The summed E-state index contributed by atoms with van der Waals surface area (Å²) in [4.78, 5) is 0. The van der Waals surface area contributed by atoms with Gasteiger partial charge < -0.3 is 0 Å². The summed E-state index contributed by atoms with van der Waals surface area (Å²) >= 11 is 0. The summed E-state index contributed by atoms with van der Waals surface area (Å²) in [5.41, 5.74) is 3.97. The van der Waals surface area contributed by atoms with Crippen LogP contribution in [0.25, 0.3) is 0 Å². The van der Waals surface area contributed by atoms with Crippen LogP contribution < -0.4 is 11.3 Å². The van der Waals surface area contributed by atoms with Gasteiger partial charge in [-0.2, -0.15) is 0 Å². The van der Waals surface area contributed by atoms with E-state index in [1.165, 1.54) is 12.8 Å². The maximum absolute atomic E-state index is 5.43. The van der Waals surface area contributed by atoms with Crippen molar-refractivity contribution < 1.29 is 0 Å². The highest BCUT2D eigenvalue weighted by Gasteiger charge is 2.32. The van der Waals surface area contributed by atoms with Gasteiger partial charge in [-0.1, -0.05) is 19.1 Å². The van der Waals surface area contributed by atoms with Crippen molar-refractivity contribution in [1.29, 1.82) is 0 Å². The van der Waals surface area contributed by atoms with Crippen LogP contribution in [-0.4, -0.2) is 6.04 Å². The molecule has 2 nitrogen and oxygen atoms in total. The zero-order valence-electron chi connectivity index (χ0n) is 7.43. The van der Waals surface area contributed by atoms with Gasteiger partial charge in [0, 0.05) is 6.04 Å². The molecule has 1 aliphatic carbocycles. The summed E-state index contributed by atoms with van der Waals surface area (Å²) in [5, 5.41) is 0. The Bertz CT molecular complexity index is 150. The maximum atomic E-state index is 5.43. The van der Waals surface area contributed by atoms with E-state index < -0.39 is 0 Å². The predicted octanol–water partition coefficient (Wildman–Crippen LogP) is 1.44. The maximum Gasteiger partial charge on any atom is 0.0442 e. The topological polar surface area (TPSA) is 38.0 Å². The lowest BCUT2D eigenvalue weighted by Gasteiger charge is -2.23. The molecule has 11 heavy (non-hydrogen) atoms. The fourth-order valence-corrected chi connectivity index (χ4v) is 1.64. The molecule has 0 aromatic heterocycles. The molecule has 0 aromatic rings. The standard InChI is InChI=1S/C9H18N2/c1-6(2)9(11-10)7(3)8-4-5-8/h7-9,11H,1,4-5,10H2,2-3H3. The highest BCUT2D eigenvalue weighted by molar-refractivity contribution is 5.05. The van der Waals surface area contributed by atoms with Crippen molar-refractivity contribution in [2.45, 2.75) is 32.7 Å². The molecule has 2 heteroatoms. The molecule has 2 unspecified atom stereocenters. The summed E-state index contributed by atoms with van der Waals surface area (Å²) in [6, 6.07) is 0.308. The van der Waals surface area contributed by atoms with Crippen LogP contribution in [0.3, 0.4) is 0 Å². The molecular formula is C9H18N2. The Kier molecular flexibility index (Phi) is 2.68. The molecule has 1 saturated carbocycles. The Morgan fingerprint density at radius 2 is 2.18 bits per heavy atom. The molecule has 0 radical (unpaired) electrons. The smallest absolute Gasteiger partial charge is 0.0442 e. The first kappa shape index (κ1) is 8.75. The van der Waals surface area contributed by atoms with Crippen LogP contribution in [0.1, 0.15) is 26.7 Å². The second-order valence-corrected chi connectivity index (χ2v) is 3.69. The van der Waals surface area contributed by atoms with Crippen molar-refractivity contribution in [3.05, 3.63) is 12.2 Å². The minimum Gasteiger partial charge on any atom is -0.271 e. The average Bonchev–Trinajstić information content (AvgIpc) is 2.68. The summed E-state index contributed by atoms with van der Waals surface area (Å²) in [7, 11) is 0. The highest BCUT2D eigenvalue weighted by Crippen LogP contribution is 2.39.